The van der Waals surface area contributed by atoms with Crippen LogP contribution in [0.15, 0.2) is 5.51 Å². The molecule has 2 rings (SSSR count). The fourth-order valence-corrected chi connectivity index (χ4v) is 2.63. The summed E-state index contributed by atoms with van der Waals surface area (Å²) in [6, 6.07) is 0. The van der Waals surface area contributed by atoms with Gasteiger partial charge in [0.1, 0.15) is 5.00 Å². The topological polar surface area (TPSA) is 69.0 Å². The first-order chi connectivity index (χ1) is 9.54. The molecule has 2 aromatic heterocycles. The summed E-state index contributed by atoms with van der Waals surface area (Å²) in [5, 5.41) is 8.34. The number of ether oxygens (including phenoxy) is 1. The van der Waals surface area contributed by atoms with E-state index in [4.69, 9.17) is 4.74 Å². The summed E-state index contributed by atoms with van der Waals surface area (Å²) >= 11 is 1.39. The van der Waals surface area contributed by atoms with Crippen LogP contribution in [0.5, 0.6) is 0 Å². The van der Waals surface area contributed by atoms with Gasteiger partial charge in [0.2, 0.25) is 0 Å². The first kappa shape index (κ1) is 14.5. The number of carbonyl (C=O) groups is 1. The maximum absolute atomic E-state index is 11.7. The minimum Gasteiger partial charge on any atom is -0.461 e. The van der Waals surface area contributed by atoms with Crippen LogP contribution < -0.4 is 5.32 Å². The molecule has 0 saturated carbocycles. The van der Waals surface area contributed by atoms with Crippen LogP contribution in [-0.2, 0) is 18.3 Å². The van der Waals surface area contributed by atoms with E-state index in [9.17, 15) is 4.79 Å². The number of hydrogen-bond donors (Lipinski definition) is 1. The number of hydrogen-bond acceptors (Lipinski definition) is 6. The van der Waals surface area contributed by atoms with Crippen LogP contribution in [0.1, 0.15) is 34.4 Å². The molecule has 0 spiro atoms. The van der Waals surface area contributed by atoms with Gasteiger partial charge in [-0.3, -0.25) is 4.68 Å². The predicted molar refractivity (Wildman–Crippen MR) is 78.1 cm³/mol. The van der Waals surface area contributed by atoms with Crippen LogP contribution >= 0.6 is 11.3 Å². The van der Waals surface area contributed by atoms with E-state index in [0.717, 1.165) is 22.0 Å². The second kappa shape index (κ2) is 6.04. The molecular formula is C13H18N4O2S. The second-order valence-electron chi connectivity index (χ2n) is 4.38. The van der Waals surface area contributed by atoms with E-state index in [1.165, 1.54) is 11.3 Å². The van der Waals surface area contributed by atoms with Crippen molar-refractivity contribution in [3.63, 3.8) is 0 Å². The highest BCUT2D eigenvalue weighted by Gasteiger charge is 2.17. The average Bonchev–Trinajstić information content (AvgIpc) is 2.95. The monoisotopic (exact) mass is 294 g/mol. The molecule has 0 radical (unpaired) electrons. The van der Waals surface area contributed by atoms with Gasteiger partial charge in [-0.15, -0.1) is 11.3 Å². The molecule has 0 aromatic carbocycles. The first-order valence-electron chi connectivity index (χ1n) is 6.38. The largest absolute Gasteiger partial charge is 0.461 e. The molecule has 0 bridgehead atoms. The SMILES string of the molecule is CCOC(=O)c1ncsc1NCc1c(C)nn(C)c1C. The summed E-state index contributed by atoms with van der Waals surface area (Å²) in [5.74, 6) is -0.393. The Hall–Kier alpha value is -1.89. The molecule has 2 aromatic rings. The lowest BCUT2D eigenvalue weighted by atomic mass is 10.2. The minimum absolute atomic E-state index is 0.344. The lowest BCUT2D eigenvalue weighted by Gasteiger charge is -2.06. The normalized spacial score (nSPS) is 10.6. The van der Waals surface area contributed by atoms with Gasteiger partial charge in [-0.25, -0.2) is 9.78 Å². The smallest absolute Gasteiger partial charge is 0.360 e. The molecule has 1 N–H and O–H groups in total. The summed E-state index contributed by atoms with van der Waals surface area (Å²) in [4.78, 5) is 15.8. The molecular weight excluding hydrogens is 276 g/mol. The van der Waals surface area contributed by atoms with Crippen LogP contribution in [0.2, 0.25) is 0 Å². The van der Waals surface area contributed by atoms with Gasteiger partial charge >= 0.3 is 5.97 Å². The van der Waals surface area contributed by atoms with E-state index in [2.05, 4.69) is 15.4 Å². The third kappa shape index (κ3) is 2.82. The van der Waals surface area contributed by atoms with Crippen molar-refractivity contribution in [1.29, 1.82) is 0 Å². The van der Waals surface area contributed by atoms with Gasteiger partial charge in [0, 0.05) is 24.8 Å². The van der Waals surface area contributed by atoms with E-state index >= 15 is 0 Å². The van der Waals surface area contributed by atoms with Crippen LogP contribution in [0.4, 0.5) is 5.00 Å². The lowest BCUT2D eigenvalue weighted by molar-refractivity contribution is 0.0521. The maximum Gasteiger partial charge on any atom is 0.360 e. The van der Waals surface area contributed by atoms with E-state index in [1.54, 1.807) is 12.4 Å². The molecule has 0 atom stereocenters. The average molecular weight is 294 g/mol. The number of nitrogens with one attached hydrogen (secondary N) is 1. The predicted octanol–water partition coefficient (Wildman–Crippen LogP) is 2.28. The van der Waals surface area contributed by atoms with E-state index < -0.39 is 5.97 Å². The number of nitrogens with zero attached hydrogens (tertiary/aromatic N) is 3. The lowest BCUT2D eigenvalue weighted by Crippen LogP contribution is -2.09. The van der Waals surface area contributed by atoms with E-state index in [-0.39, 0.29) is 0 Å². The number of aromatic nitrogens is 3. The number of anilines is 1. The zero-order chi connectivity index (χ0) is 14.7. The number of carbonyl (C=O) groups excluding carboxylic acids is 1. The molecule has 6 nitrogen and oxygen atoms in total. The molecule has 7 heteroatoms. The van der Waals surface area contributed by atoms with Crippen LogP contribution in [0.25, 0.3) is 0 Å². The molecule has 0 saturated heterocycles. The Kier molecular flexibility index (Phi) is 4.39. The van der Waals surface area contributed by atoms with Crippen LogP contribution in [0, 0.1) is 13.8 Å². The highest BCUT2D eigenvalue weighted by atomic mass is 32.1. The van der Waals surface area contributed by atoms with Gasteiger partial charge in [0.05, 0.1) is 17.8 Å². The quantitative estimate of drug-likeness (QED) is 0.857. The Morgan fingerprint density at radius 1 is 1.50 bits per heavy atom. The Bertz CT molecular complexity index is 618. The molecule has 0 unspecified atom stereocenters. The summed E-state index contributed by atoms with van der Waals surface area (Å²) < 4.78 is 6.83. The van der Waals surface area contributed by atoms with Crippen LogP contribution in [0.3, 0.4) is 0 Å². The summed E-state index contributed by atoms with van der Waals surface area (Å²) in [6.45, 7) is 6.73. The maximum atomic E-state index is 11.7. The molecule has 0 aliphatic carbocycles. The molecule has 108 valence electrons. The molecule has 2 heterocycles. The summed E-state index contributed by atoms with van der Waals surface area (Å²) in [6.07, 6.45) is 0. The summed E-state index contributed by atoms with van der Waals surface area (Å²) in [7, 11) is 1.92. The fourth-order valence-electron chi connectivity index (χ4n) is 1.96. The molecule has 0 aliphatic rings. The molecule has 0 amide bonds. The van der Waals surface area contributed by atoms with Crippen molar-refractivity contribution in [1.82, 2.24) is 14.8 Å². The van der Waals surface area contributed by atoms with Crippen molar-refractivity contribution in [3.05, 3.63) is 28.2 Å². The molecule has 0 aliphatic heterocycles. The van der Waals surface area contributed by atoms with Gasteiger partial charge < -0.3 is 10.1 Å². The molecule has 0 fully saturated rings. The number of esters is 1. The Morgan fingerprint density at radius 2 is 2.25 bits per heavy atom. The second-order valence-corrected chi connectivity index (χ2v) is 5.23. The highest BCUT2D eigenvalue weighted by Crippen LogP contribution is 2.23. The van der Waals surface area contributed by atoms with Crippen molar-refractivity contribution in [2.45, 2.75) is 27.3 Å². The van der Waals surface area contributed by atoms with Crippen molar-refractivity contribution in [3.8, 4) is 0 Å². The summed E-state index contributed by atoms with van der Waals surface area (Å²) in [5.41, 5.74) is 5.21. The van der Waals surface area contributed by atoms with E-state index in [0.29, 0.717) is 18.8 Å². The Morgan fingerprint density at radius 3 is 2.85 bits per heavy atom. The number of thiazole rings is 1. The minimum atomic E-state index is -0.393. The van der Waals surface area contributed by atoms with E-state index in [1.807, 2.05) is 25.6 Å². The van der Waals surface area contributed by atoms with Gasteiger partial charge in [-0.05, 0) is 20.8 Å². The molecule has 20 heavy (non-hydrogen) atoms. The van der Waals surface area contributed by atoms with Crippen molar-refractivity contribution in [2.24, 2.45) is 7.05 Å². The third-order valence-electron chi connectivity index (χ3n) is 3.12. The number of rotatable bonds is 5. The standard InChI is InChI=1S/C13H18N4O2S/c1-5-19-13(18)11-12(20-7-15-11)14-6-10-8(2)16-17(4)9(10)3/h7,14H,5-6H2,1-4H3. The zero-order valence-corrected chi connectivity index (χ0v) is 12.9. The van der Waals surface area contributed by atoms with Crippen LogP contribution in [-0.4, -0.2) is 27.3 Å². The zero-order valence-electron chi connectivity index (χ0n) is 12.1. The first-order valence-corrected chi connectivity index (χ1v) is 7.26. The van der Waals surface area contributed by atoms with Crippen molar-refractivity contribution >= 4 is 22.3 Å². The van der Waals surface area contributed by atoms with Gasteiger partial charge in [-0.1, -0.05) is 0 Å². The van der Waals surface area contributed by atoms with Gasteiger partial charge in [-0.2, -0.15) is 5.10 Å². The van der Waals surface area contributed by atoms with Gasteiger partial charge in [0.15, 0.2) is 5.69 Å². The Balaban J connectivity index is 2.12. The van der Waals surface area contributed by atoms with Gasteiger partial charge in [0.25, 0.3) is 0 Å². The Labute approximate surface area is 121 Å². The fraction of sp³-hybridized carbons (Fsp3) is 0.462. The van der Waals surface area contributed by atoms with Crippen molar-refractivity contribution < 1.29 is 9.53 Å². The number of aryl methyl sites for hydroxylation is 2. The highest BCUT2D eigenvalue weighted by molar-refractivity contribution is 7.14. The van der Waals surface area contributed by atoms with Crippen molar-refractivity contribution in [2.75, 3.05) is 11.9 Å². The third-order valence-corrected chi connectivity index (χ3v) is 3.91.